The van der Waals surface area contributed by atoms with Gasteiger partial charge in [0.2, 0.25) is 0 Å². The minimum Gasteiger partial charge on any atom is -0.497 e. The lowest BCUT2D eigenvalue weighted by Crippen LogP contribution is -2.32. The Bertz CT molecular complexity index is 408. The van der Waals surface area contributed by atoms with Gasteiger partial charge in [0.15, 0.2) is 0 Å². The molecule has 1 unspecified atom stereocenters. The Hall–Kier alpha value is -1.75. The summed E-state index contributed by atoms with van der Waals surface area (Å²) in [6, 6.07) is 7.46. The number of hydrogen-bond acceptors (Lipinski definition) is 3. The van der Waals surface area contributed by atoms with Crippen LogP contribution in [0.4, 0.5) is 4.79 Å². The molecule has 2 rings (SSSR count). The number of β-amino-alcohol motifs (C(OH)–C–C–N with tert-alkyl or cyclic N) is 1. The van der Waals surface area contributed by atoms with Gasteiger partial charge in [0.1, 0.15) is 5.75 Å². The molecule has 5 heteroatoms. The van der Waals surface area contributed by atoms with Crippen LogP contribution in [0.5, 0.6) is 5.75 Å². The van der Waals surface area contributed by atoms with E-state index in [1.54, 1.807) is 12.0 Å². The molecule has 5 nitrogen and oxygen atoms in total. The second kappa shape index (κ2) is 5.05. The van der Waals surface area contributed by atoms with Crippen molar-refractivity contribution in [3.63, 3.8) is 0 Å². The summed E-state index contributed by atoms with van der Waals surface area (Å²) in [5, 5.41) is 11.7. The topological polar surface area (TPSA) is 61.8 Å². The third kappa shape index (κ3) is 2.34. The number of aliphatic hydroxyl groups is 1. The first kappa shape index (κ1) is 11.7. The van der Waals surface area contributed by atoms with Crippen molar-refractivity contribution in [3.05, 3.63) is 29.8 Å². The van der Waals surface area contributed by atoms with Crippen molar-refractivity contribution in [1.82, 2.24) is 10.2 Å². The van der Waals surface area contributed by atoms with Gasteiger partial charge in [0.25, 0.3) is 0 Å². The third-order valence-electron chi connectivity index (χ3n) is 2.90. The maximum absolute atomic E-state index is 11.6. The maximum Gasteiger partial charge on any atom is 0.318 e. The largest absolute Gasteiger partial charge is 0.497 e. The fourth-order valence-corrected chi connectivity index (χ4v) is 2.05. The summed E-state index contributed by atoms with van der Waals surface area (Å²) in [7, 11) is 1.61. The highest BCUT2D eigenvalue weighted by Crippen LogP contribution is 2.26. The van der Waals surface area contributed by atoms with E-state index in [0.717, 1.165) is 11.3 Å². The van der Waals surface area contributed by atoms with Crippen LogP contribution in [0.15, 0.2) is 24.3 Å². The highest BCUT2D eigenvalue weighted by Gasteiger charge is 2.31. The summed E-state index contributed by atoms with van der Waals surface area (Å²) in [6.45, 7) is 0.869. The maximum atomic E-state index is 11.6. The van der Waals surface area contributed by atoms with Crippen molar-refractivity contribution in [2.75, 3.05) is 26.8 Å². The number of nitrogens with zero attached hydrogens (tertiary/aromatic N) is 1. The number of amides is 2. The van der Waals surface area contributed by atoms with Gasteiger partial charge in [-0.25, -0.2) is 4.79 Å². The first-order valence-electron chi connectivity index (χ1n) is 5.55. The second-order valence-corrected chi connectivity index (χ2v) is 3.90. The van der Waals surface area contributed by atoms with Crippen LogP contribution >= 0.6 is 0 Å². The minimum absolute atomic E-state index is 0.0338. The molecular weight excluding hydrogens is 220 g/mol. The summed E-state index contributed by atoms with van der Waals surface area (Å²) < 4.78 is 5.16. The van der Waals surface area contributed by atoms with Crippen LogP contribution in [0, 0.1) is 0 Å². The molecule has 1 aliphatic heterocycles. The van der Waals surface area contributed by atoms with Crippen LogP contribution in [0.25, 0.3) is 0 Å². The Kier molecular flexibility index (Phi) is 3.49. The molecule has 0 radical (unpaired) electrons. The van der Waals surface area contributed by atoms with Crippen molar-refractivity contribution in [2.45, 2.75) is 6.04 Å². The predicted molar refractivity (Wildman–Crippen MR) is 62.9 cm³/mol. The number of benzene rings is 1. The number of hydrogen-bond donors (Lipinski definition) is 2. The second-order valence-electron chi connectivity index (χ2n) is 3.90. The van der Waals surface area contributed by atoms with E-state index >= 15 is 0 Å². The Balaban J connectivity index is 2.22. The molecule has 1 atom stereocenters. The SMILES string of the molecule is COc1cccc(C2CNC(=O)N2CCO)c1. The molecule has 0 bridgehead atoms. The van der Waals surface area contributed by atoms with E-state index in [9.17, 15) is 4.79 Å². The lowest BCUT2D eigenvalue weighted by molar-refractivity contribution is 0.179. The number of carbonyl (C=O) groups excluding carboxylic acids is 1. The van der Waals surface area contributed by atoms with Crippen LogP contribution in [0.3, 0.4) is 0 Å². The van der Waals surface area contributed by atoms with Gasteiger partial charge in [-0.15, -0.1) is 0 Å². The van der Waals surface area contributed by atoms with E-state index in [4.69, 9.17) is 9.84 Å². The molecule has 1 saturated heterocycles. The van der Waals surface area contributed by atoms with Crippen LogP contribution < -0.4 is 10.1 Å². The normalized spacial score (nSPS) is 19.3. The van der Waals surface area contributed by atoms with Crippen molar-refractivity contribution in [3.8, 4) is 5.75 Å². The average molecular weight is 236 g/mol. The summed E-state index contributed by atoms with van der Waals surface area (Å²) >= 11 is 0. The summed E-state index contributed by atoms with van der Waals surface area (Å²) in [4.78, 5) is 13.2. The van der Waals surface area contributed by atoms with E-state index in [1.165, 1.54) is 0 Å². The number of methoxy groups -OCH3 is 1. The zero-order chi connectivity index (χ0) is 12.3. The Morgan fingerprint density at radius 2 is 2.41 bits per heavy atom. The minimum atomic E-state index is -0.133. The van der Waals surface area contributed by atoms with E-state index in [0.29, 0.717) is 13.1 Å². The Labute approximate surface area is 100.0 Å². The zero-order valence-electron chi connectivity index (χ0n) is 9.72. The number of urea groups is 1. The molecule has 1 heterocycles. The predicted octanol–water partition coefficient (Wildman–Crippen LogP) is 0.754. The van der Waals surface area contributed by atoms with Crippen molar-refractivity contribution < 1.29 is 14.6 Å². The number of carbonyl (C=O) groups is 1. The molecule has 92 valence electrons. The lowest BCUT2D eigenvalue weighted by atomic mass is 10.1. The molecule has 0 aromatic heterocycles. The van der Waals surface area contributed by atoms with Gasteiger partial charge < -0.3 is 20.1 Å². The van der Waals surface area contributed by atoms with Crippen molar-refractivity contribution >= 4 is 6.03 Å². The van der Waals surface area contributed by atoms with Crippen LogP contribution in [-0.4, -0.2) is 42.8 Å². The molecule has 2 N–H and O–H groups in total. The van der Waals surface area contributed by atoms with E-state index in [2.05, 4.69) is 5.32 Å². The molecule has 0 saturated carbocycles. The van der Waals surface area contributed by atoms with Gasteiger partial charge in [-0.3, -0.25) is 0 Å². The van der Waals surface area contributed by atoms with Gasteiger partial charge in [0.05, 0.1) is 19.8 Å². The lowest BCUT2D eigenvalue weighted by Gasteiger charge is -2.22. The molecule has 1 aliphatic rings. The molecule has 17 heavy (non-hydrogen) atoms. The van der Waals surface area contributed by atoms with E-state index < -0.39 is 0 Å². The summed E-state index contributed by atoms with van der Waals surface area (Å²) in [5.74, 6) is 0.769. The zero-order valence-corrected chi connectivity index (χ0v) is 9.72. The fourth-order valence-electron chi connectivity index (χ4n) is 2.05. The van der Waals surface area contributed by atoms with Crippen molar-refractivity contribution in [1.29, 1.82) is 0 Å². The molecular formula is C12H16N2O3. The number of ether oxygens (including phenoxy) is 1. The monoisotopic (exact) mass is 236 g/mol. The average Bonchev–Trinajstić information content (AvgIpc) is 2.72. The molecule has 1 fully saturated rings. The summed E-state index contributed by atoms with van der Waals surface area (Å²) in [5.41, 5.74) is 1.01. The van der Waals surface area contributed by atoms with Gasteiger partial charge in [0, 0.05) is 13.1 Å². The van der Waals surface area contributed by atoms with E-state index in [-0.39, 0.29) is 18.7 Å². The number of aliphatic hydroxyl groups excluding tert-OH is 1. The Morgan fingerprint density at radius 3 is 3.12 bits per heavy atom. The standard InChI is InChI=1S/C12H16N2O3/c1-17-10-4-2-3-9(7-10)11-8-13-12(16)14(11)5-6-15/h2-4,7,11,15H,5-6,8H2,1H3,(H,13,16). The Morgan fingerprint density at radius 1 is 1.59 bits per heavy atom. The van der Waals surface area contributed by atoms with Crippen LogP contribution in [-0.2, 0) is 0 Å². The molecule has 1 aromatic carbocycles. The van der Waals surface area contributed by atoms with Gasteiger partial charge in [-0.2, -0.15) is 0 Å². The first-order chi connectivity index (χ1) is 8.26. The highest BCUT2D eigenvalue weighted by molar-refractivity contribution is 5.77. The summed E-state index contributed by atoms with van der Waals surface area (Å²) in [6.07, 6.45) is 0. The molecule has 0 spiro atoms. The van der Waals surface area contributed by atoms with E-state index in [1.807, 2.05) is 24.3 Å². The smallest absolute Gasteiger partial charge is 0.318 e. The quantitative estimate of drug-likeness (QED) is 0.811. The number of rotatable bonds is 4. The van der Waals surface area contributed by atoms with Crippen LogP contribution in [0.1, 0.15) is 11.6 Å². The molecule has 0 aliphatic carbocycles. The molecule has 1 aromatic rings. The number of nitrogens with one attached hydrogen (secondary N) is 1. The van der Waals surface area contributed by atoms with Crippen LogP contribution in [0.2, 0.25) is 0 Å². The fraction of sp³-hybridized carbons (Fsp3) is 0.417. The molecule has 2 amide bonds. The third-order valence-corrected chi connectivity index (χ3v) is 2.90. The first-order valence-corrected chi connectivity index (χ1v) is 5.55. The van der Waals surface area contributed by atoms with Gasteiger partial charge in [-0.05, 0) is 17.7 Å². The van der Waals surface area contributed by atoms with Gasteiger partial charge in [-0.1, -0.05) is 12.1 Å². The van der Waals surface area contributed by atoms with Gasteiger partial charge >= 0.3 is 6.03 Å². The highest BCUT2D eigenvalue weighted by atomic mass is 16.5. The van der Waals surface area contributed by atoms with Crippen molar-refractivity contribution in [2.24, 2.45) is 0 Å².